The van der Waals surface area contributed by atoms with Gasteiger partial charge in [-0.2, -0.15) is 0 Å². The summed E-state index contributed by atoms with van der Waals surface area (Å²) in [6.07, 6.45) is 7.44. The molecule has 0 amide bonds. The van der Waals surface area contributed by atoms with Crippen molar-refractivity contribution < 1.29 is 0 Å². The van der Waals surface area contributed by atoms with Crippen LogP contribution in [0.2, 0.25) is 0 Å². The van der Waals surface area contributed by atoms with Crippen LogP contribution < -0.4 is 0 Å². The van der Waals surface area contributed by atoms with E-state index in [1.165, 1.54) is 33.4 Å². The highest BCUT2D eigenvalue weighted by Crippen LogP contribution is 2.60. The Labute approximate surface area is 174 Å². The lowest BCUT2D eigenvalue weighted by molar-refractivity contribution is 0.746. The number of rotatable bonds is 2. The van der Waals surface area contributed by atoms with Crippen LogP contribution in [0.4, 0.5) is 0 Å². The predicted molar refractivity (Wildman–Crippen MR) is 123 cm³/mol. The lowest BCUT2D eigenvalue weighted by Gasteiger charge is -2.35. The summed E-state index contributed by atoms with van der Waals surface area (Å²) in [5, 5.41) is 0. The predicted octanol–water partition coefficient (Wildman–Crippen LogP) is 7.41. The monoisotopic (exact) mass is 376 g/mol. The van der Waals surface area contributed by atoms with Gasteiger partial charge < -0.3 is 0 Å². The highest BCUT2D eigenvalue weighted by Gasteiger charge is 2.51. The van der Waals surface area contributed by atoms with Gasteiger partial charge in [-0.1, -0.05) is 118 Å². The molecule has 0 spiro atoms. The molecule has 1 fully saturated rings. The summed E-state index contributed by atoms with van der Waals surface area (Å²) in [6, 6.07) is 29.0. The molecule has 0 aliphatic heterocycles. The zero-order valence-electron chi connectivity index (χ0n) is 17.5. The maximum absolute atomic E-state index is 2.57. The average molecular weight is 377 g/mol. The van der Waals surface area contributed by atoms with Crippen LogP contribution in [0, 0.1) is 17.8 Å². The molecule has 3 aromatic rings. The van der Waals surface area contributed by atoms with Crippen LogP contribution in [0.25, 0.3) is 11.1 Å². The van der Waals surface area contributed by atoms with Crippen LogP contribution in [0.3, 0.4) is 0 Å². The van der Waals surface area contributed by atoms with Crippen molar-refractivity contribution in [1.29, 1.82) is 0 Å². The van der Waals surface area contributed by atoms with E-state index in [-0.39, 0.29) is 5.41 Å². The van der Waals surface area contributed by atoms with Crippen LogP contribution in [-0.4, -0.2) is 0 Å². The number of benzene rings is 3. The topological polar surface area (TPSA) is 0 Å². The molecule has 29 heavy (non-hydrogen) atoms. The second-order valence-corrected chi connectivity index (χ2v) is 8.20. The summed E-state index contributed by atoms with van der Waals surface area (Å²) < 4.78 is 0. The largest absolute Gasteiger partial charge is 0.0802 e. The highest BCUT2D eigenvalue weighted by molar-refractivity contribution is 5.86. The third kappa shape index (κ3) is 2.45. The van der Waals surface area contributed by atoms with Crippen molar-refractivity contribution in [3.8, 4) is 11.1 Å². The normalized spacial score (nSPS) is 24.4. The second kappa shape index (κ2) is 6.88. The molecule has 3 atom stereocenters. The maximum atomic E-state index is 2.57. The lowest BCUT2D eigenvalue weighted by Crippen LogP contribution is -2.29. The molecule has 0 saturated heterocycles. The summed E-state index contributed by atoms with van der Waals surface area (Å²) in [5.74, 6) is 2.22. The molecule has 0 heteroatoms. The van der Waals surface area contributed by atoms with Crippen LogP contribution >= 0.6 is 0 Å². The maximum Gasteiger partial charge on any atom is 0.0710 e. The smallest absolute Gasteiger partial charge is 0.0710 e. The molecule has 144 valence electrons. The molecular formula is C29H28. The van der Waals surface area contributed by atoms with E-state index in [1.807, 2.05) is 13.8 Å². The minimum absolute atomic E-state index is 0.210. The molecule has 0 heterocycles. The molecule has 0 N–H and O–H groups in total. The molecule has 0 bridgehead atoms. The van der Waals surface area contributed by atoms with Gasteiger partial charge in [0.25, 0.3) is 0 Å². The fourth-order valence-corrected chi connectivity index (χ4v) is 5.53. The molecule has 0 nitrogen and oxygen atoms in total. The number of fused-ring (bicyclic) bond motifs is 4. The molecule has 0 radical (unpaired) electrons. The molecule has 3 aromatic carbocycles. The Bertz CT molecular complexity index is 1050. The van der Waals surface area contributed by atoms with Gasteiger partial charge >= 0.3 is 0 Å². The van der Waals surface area contributed by atoms with Crippen molar-refractivity contribution in [3.63, 3.8) is 0 Å². The van der Waals surface area contributed by atoms with Gasteiger partial charge in [-0.15, -0.1) is 0 Å². The SMILES string of the molecule is CC.CC1C2C=CC(C3(c4ccccc4)c4ccccc4-c4ccccc43)=CC12. The quantitative estimate of drug-likeness (QED) is 0.437. The Kier molecular flexibility index (Phi) is 4.32. The Morgan fingerprint density at radius 3 is 1.79 bits per heavy atom. The molecule has 0 aromatic heterocycles. The molecule has 3 aliphatic rings. The zero-order chi connectivity index (χ0) is 20.0. The third-order valence-corrected chi connectivity index (χ3v) is 6.98. The minimum atomic E-state index is -0.210. The average Bonchev–Trinajstić information content (AvgIpc) is 3.35. The van der Waals surface area contributed by atoms with Crippen molar-refractivity contribution in [1.82, 2.24) is 0 Å². The van der Waals surface area contributed by atoms with Gasteiger partial charge in [-0.25, -0.2) is 0 Å². The molecule has 6 rings (SSSR count). The first-order valence-corrected chi connectivity index (χ1v) is 11.0. The number of hydrogen-bond acceptors (Lipinski definition) is 0. The van der Waals surface area contributed by atoms with Crippen molar-refractivity contribution in [3.05, 3.63) is 119 Å². The van der Waals surface area contributed by atoms with Crippen molar-refractivity contribution in [2.75, 3.05) is 0 Å². The first-order valence-electron chi connectivity index (χ1n) is 11.0. The summed E-state index contributed by atoms with van der Waals surface area (Å²) in [6.45, 7) is 6.38. The van der Waals surface area contributed by atoms with Crippen LogP contribution in [-0.2, 0) is 5.41 Å². The Morgan fingerprint density at radius 2 is 1.21 bits per heavy atom. The zero-order valence-corrected chi connectivity index (χ0v) is 17.5. The van der Waals surface area contributed by atoms with Crippen molar-refractivity contribution in [2.45, 2.75) is 26.2 Å². The van der Waals surface area contributed by atoms with Gasteiger partial charge in [-0.05, 0) is 51.1 Å². The number of hydrogen-bond donors (Lipinski definition) is 0. The van der Waals surface area contributed by atoms with Gasteiger partial charge in [0.1, 0.15) is 0 Å². The van der Waals surface area contributed by atoms with E-state index in [2.05, 4.69) is 104 Å². The molecule has 3 aliphatic carbocycles. The van der Waals surface area contributed by atoms with Gasteiger partial charge in [0, 0.05) is 0 Å². The van der Waals surface area contributed by atoms with E-state index >= 15 is 0 Å². The standard InChI is InChI=1S/C27H22.C2H6/c1-18-21-16-15-20(17-24(18)21)27(19-9-3-2-4-10-19)25-13-7-5-11-22(25)23-12-6-8-14-26(23)27;1-2/h2-18,21,24H,1H3;1-2H3. The highest BCUT2D eigenvalue weighted by atomic mass is 14.5. The van der Waals surface area contributed by atoms with Gasteiger partial charge in [0.05, 0.1) is 5.41 Å². The van der Waals surface area contributed by atoms with Crippen molar-refractivity contribution >= 4 is 0 Å². The van der Waals surface area contributed by atoms with E-state index in [9.17, 15) is 0 Å². The Hall–Kier alpha value is -2.86. The van der Waals surface area contributed by atoms with Gasteiger partial charge in [0.2, 0.25) is 0 Å². The Morgan fingerprint density at radius 1 is 0.655 bits per heavy atom. The molecule has 3 unspecified atom stereocenters. The first kappa shape index (κ1) is 18.2. The van der Waals surface area contributed by atoms with Crippen LogP contribution in [0.15, 0.2) is 103 Å². The first-order chi connectivity index (χ1) is 14.3. The van der Waals surface area contributed by atoms with Crippen molar-refractivity contribution in [2.24, 2.45) is 17.8 Å². The summed E-state index contributed by atoms with van der Waals surface area (Å²) >= 11 is 0. The van der Waals surface area contributed by atoms with E-state index in [0.717, 1.165) is 11.8 Å². The number of allylic oxidation sites excluding steroid dienone is 4. The lowest BCUT2D eigenvalue weighted by atomic mass is 9.66. The second-order valence-electron chi connectivity index (χ2n) is 8.20. The van der Waals surface area contributed by atoms with E-state index in [4.69, 9.17) is 0 Å². The van der Waals surface area contributed by atoms with Gasteiger partial charge in [0.15, 0.2) is 0 Å². The fraction of sp³-hybridized carbons (Fsp3) is 0.241. The van der Waals surface area contributed by atoms with E-state index < -0.39 is 0 Å². The summed E-state index contributed by atoms with van der Waals surface area (Å²) in [7, 11) is 0. The Balaban J connectivity index is 0.000000882. The molecule has 1 saturated carbocycles. The molecular weight excluding hydrogens is 348 g/mol. The van der Waals surface area contributed by atoms with Gasteiger partial charge in [-0.3, -0.25) is 0 Å². The minimum Gasteiger partial charge on any atom is -0.0802 e. The van der Waals surface area contributed by atoms with E-state index in [1.54, 1.807) is 0 Å². The summed E-state index contributed by atoms with van der Waals surface area (Å²) in [5.41, 5.74) is 8.18. The fourth-order valence-electron chi connectivity index (χ4n) is 5.53. The van der Waals surface area contributed by atoms with Crippen LogP contribution in [0.5, 0.6) is 0 Å². The third-order valence-electron chi connectivity index (χ3n) is 6.98. The van der Waals surface area contributed by atoms with Crippen LogP contribution in [0.1, 0.15) is 37.5 Å². The van der Waals surface area contributed by atoms with E-state index in [0.29, 0.717) is 5.92 Å². The summed E-state index contributed by atoms with van der Waals surface area (Å²) in [4.78, 5) is 0.